The van der Waals surface area contributed by atoms with Gasteiger partial charge in [-0.3, -0.25) is 0 Å². The number of fused-ring (bicyclic) bond motifs is 2. The van der Waals surface area contributed by atoms with Crippen molar-refractivity contribution in [2.24, 2.45) is 0 Å². The lowest BCUT2D eigenvalue weighted by atomic mass is 9.96. The molecule has 130 valence electrons. The fourth-order valence-corrected chi connectivity index (χ4v) is 3.60. The molecule has 0 bridgehead atoms. The molecule has 4 rings (SSSR count). The van der Waals surface area contributed by atoms with Crippen molar-refractivity contribution in [1.29, 1.82) is 0 Å². The van der Waals surface area contributed by atoms with E-state index in [1.54, 1.807) is 14.2 Å². The van der Waals surface area contributed by atoms with Crippen LogP contribution in [0.1, 0.15) is 23.6 Å². The minimum Gasteiger partial charge on any atom is -0.493 e. The number of nitrogens with zero attached hydrogens (tertiary/aromatic N) is 1. The van der Waals surface area contributed by atoms with Gasteiger partial charge in [-0.2, -0.15) is 0 Å². The van der Waals surface area contributed by atoms with Gasteiger partial charge in [0.2, 0.25) is 6.79 Å². The minimum atomic E-state index is 0.308. The van der Waals surface area contributed by atoms with Gasteiger partial charge in [-0.15, -0.1) is 0 Å². The number of para-hydroxylation sites is 1. The first-order valence-electron chi connectivity index (χ1n) is 8.42. The zero-order chi connectivity index (χ0) is 17.4. The molecule has 0 unspecified atom stereocenters. The van der Waals surface area contributed by atoms with E-state index in [2.05, 4.69) is 29.7 Å². The number of hydrogen-bond donors (Lipinski definition) is 0. The summed E-state index contributed by atoms with van der Waals surface area (Å²) in [6.45, 7) is 4.20. The Hall–Kier alpha value is -2.69. The van der Waals surface area contributed by atoms with Crippen LogP contribution in [0.25, 0.3) is 0 Å². The fraction of sp³-hybridized carbons (Fsp3) is 0.350. The van der Waals surface area contributed by atoms with E-state index < -0.39 is 0 Å². The van der Waals surface area contributed by atoms with Crippen molar-refractivity contribution in [1.82, 2.24) is 0 Å². The molecular formula is C20H22NO4+. The molecule has 0 N–H and O–H groups in total. The largest absolute Gasteiger partial charge is 0.493 e. The summed E-state index contributed by atoms with van der Waals surface area (Å²) in [5, 5.41) is 0. The van der Waals surface area contributed by atoms with Gasteiger partial charge in [0.15, 0.2) is 35.3 Å². The third kappa shape index (κ3) is 2.69. The molecular weight excluding hydrogens is 318 g/mol. The lowest BCUT2D eigenvalue weighted by molar-refractivity contribution is -0.545. The van der Waals surface area contributed by atoms with E-state index in [-0.39, 0.29) is 0 Å². The Morgan fingerprint density at radius 2 is 1.88 bits per heavy atom. The van der Waals surface area contributed by atoms with Crippen molar-refractivity contribution in [2.75, 3.05) is 27.6 Å². The van der Waals surface area contributed by atoms with Crippen LogP contribution in [0.4, 0.5) is 0 Å². The number of ether oxygens (including phenoxy) is 4. The van der Waals surface area contributed by atoms with Gasteiger partial charge < -0.3 is 18.9 Å². The highest BCUT2D eigenvalue weighted by molar-refractivity contribution is 5.97. The third-order valence-corrected chi connectivity index (χ3v) is 4.96. The minimum absolute atomic E-state index is 0.308. The average molecular weight is 340 g/mol. The van der Waals surface area contributed by atoms with Crippen LogP contribution in [0.2, 0.25) is 0 Å². The normalized spacial score (nSPS) is 15.2. The molecule has 0 fully saturated rings. The van der Waals surface area contributed by atoms with Crippen LogP contribution >= 0.6 is 0 Å². The van der Waals surface area contributed by atoms with Crippen molar-refractivity contribution >= 4 is 5.71 Å². The van der Waals surface area contributed by atoms with Crippen molar-refractivity contribution in [3.05, 3.63) is 47.0 Å². The van der Waals surface area contributed by atoms with E-state index in [0.29, 0.717) is 6.79 Å². The first kappa shape index (κ1) is 15.8. The molecule has 0 radical (unpaired) electrons. The molecule has 2 aromatic rings. The quantitative estimate of drug-likeness (QED) is 0.802. The first-order chi connectivity index (χ1) is 12.2. The number of hydrogen-bond acceptors (Lipinski definition) is 4. The fourth-order valence-electron chi connectivity index (χ4n) is 3.60. The summed E-state index contributed by atoms with van der Waals surface area (Å²) < 4.78 is 24.4. The zero-order valence-electron chi connectivity index (χ0n) is 14.8. The second-order valence-electron chi connectivity index (χ2n) is 6.27. The summed E-state index contributed by atoms with van der Waals surface area (Å²) in [7, 11) is 3.35. The predicted octanol–water partition coefficient (Wildman–Crippen LogP) is 3.01. The van der Waals surface area contributed by atoms with Crippen molar-refractivity contribution in [2.45, 2.75) is 19.9 Å². The van der Waals surface area contributed by atoms with Crippen LogP contribution in [0.3, 0.4) is 0 Å². The summed E-state index contributed by atoms with van der Waals surface area (Å²) >= 11 is 0. The van der Waals surface area contributed by atoms with Crippen LogP contribution < -0.4 is 18.9 Å². The Morgan fingerprint density at radius 3 is 2.64 bits per heavy atom. The standard InChI is InChI=1S/C20H22NO4/c1-13-16-10-19-18(24-12-25-19)9-14(16)7-8-21(13)11-15-5-4-6-17(22-2)20(15)23-3/h4-6,9-10H,7-8,11-12H2,1-3H3/q+1. The SMILES string of the molecule is COc1cccc(C[N+]2=C(C)c3cc4c(cc3CC2)OCO4)c1OC. The topological polar surface area (TPSA) is 39.9 Å². The lowest BCUT2D eigenvalue weighted by Crippen LogP contribution is -2.28. The molecule has 0 aliphatic carbocycles. The van der Waals surface area contributed by atoms with Crippen LogP contribution in [0.15, 0.2) is 30.3 Å². The highest BCUT2D eigenvalue weighted by Gasteiger charge is 2.27. The Labute approximate surface area is 147 Å². The molecule has 0 amide bonds. The summed E-state index contributed by atoms with van der Waals surface area (Å²) in [6, 6.07) is 10.2. The van der Waals surface area contributed by atoms with E-state index in [1.807, 2.05) is 12.1 Å². The molecule has 25 heavy (non-hydrogen) atoms. The van der Waals surface area contributed by atoms with E-state index in [4.69, 9.17) is 18.9 Å². The van der Waals surface area contributed by atoms with E-state index in [1.165, 1.54) is 16.8 Å². The Morgan fingerprint density at radius 1 is 1.08 bits per heavy atom. The van der Waals surface area contributed by atoms with Gasteiger partial charge >= 0.3 is 0 Å². The highest BCUT2D eigenvalue weighted by Crippen LogP contribution is 2.37. The molecule has 0 spiro atoms. The maximum Gasteiger partial charge on any atom is 0.231 e. The Bertz CT molecular complexity index is 857. The van der Waals surface area contributed by atoms with Gasteiger partial charge in [-0.05, 0) is 29.8 Å². The summed E-state index contributed by atoms with van der Waals surface area (Å²) in [5.74, 6) is 3.25. The van der Waals surface area contributed by atoms with Gasteiger partial charge in [0.05, 0.1) is 19.8 Å². The maximum absolute atomic E-state index is 5.58. The van der Waals surface area contributed by atoms with Gasteiger partial charge in [-0.1, -0.05) is 6.07 Å². The number of benzene rings is 2. The zero-order valence-corrected chi connectivity index (χ0v) is 14.8. The maximum atomic E-state index is 5.58. The van der Waals surface area contributed by atoms with Crippen molar-refractivity contribution in [3.63, 3.8) is 0 Å². The molecule has 5 nitrogen and oxygen atoms in total. The van der Waals surface area contributed by atoms with Gasteiger partial charge in [0.1, 0.15) is 6.54 Å². The Kier molecular flexibility index (Phi) is 3.99. The molecule has 0 aromatic heterocycles. The van der Waals surface area contributed by atoms with Crippen LogP contribution in [-0.2, 0) is 13.0 Å². The molecule has 5 heteroatoms. The summed E-state index contributed by atoms with van der Waals surface area (Å²) in [5.41, 5.74) is 4.91. The molecule has 2 aliphatic heterocycles. The molecule has 2 heterocycles. The van der Waals surface area contributed by atoms with Crippen molar-refractivity contribution in [3.8, 4) is 23.0 Å². The smallest absolute Gasteiger partial charge is 0.231 e. The molecule has 0 saturated heterocycles. The third-order valence-electron chi connectivity index (χ3n) is 4.96. The monoisotopic (exact) mass is 340 g/mol. The number of rotatable bonds is 4. The first-order valence-corrected chi connectivity index (χ1v) is 8.42. The van der Waals surface area contributed by atoms with Gasteiger partial charge in [0, 0.05) is 18.9 Å². The van der Waals surface area contributed by atoms with E-state index in [9.17, 15) is 0 Å². The van der Waals surface area contributed by atoms with Crippen LogP contribution in [-0.4, -0.2) is 37.8 Å². The second-order valence-corrected chi connectivity index (χ2v) is 6.27. The number of methoxy groups -OCH3 is 2. The Balaban J connectivity index is 1.71. The lowest BCUT2D eigenvalue weighted by Gasteiger charge is -2.18. The summed E-state index contributed by atoms with van der Waals surface area (Å²) in [4.78, 5) is 0. The van der Waals surface area contributed by atoms with Crippen molar-refractivity contribution < 1.29 is 23.5 Å². The second kappa shape index (κ2) is 6.31. The summed E-state index contributed by atoms with van der Waals surface area (Å²) in [6.07, 6.45) is 0.982. The van der Waals surface area contributed by atoms with Gasteiger partial charge in [0.25, 0.3) is 0 Å². The van der Waals surface area contributed by atoms with E-state index >= 15 is 0 Å². The van der Waals surface area contributed by atoms with Gasteiger partial charge in [-0.25, -0.2) is 4.58 Å². The predicted molar refractivity (Wildman–Crippen MR) is 94.4 cm³/mol. The van der Waals surface area contributed by atoms with E-state index in [0.717, 1.165) is 48.1 Å². The molecule has 2 aliphatic rings. The van der Waals surface area contributed by atoms with Crippen LogP contribution in [0, 0.1) is 0 Å². The molecule has 2 aromatic carbocycles. The molecule has 0 atom stereocenters. The highest BCUT2D eigenvalue weighted by atomic mass is 16.7. The average Bonchev–Trinajstić information content (AvgIpc) is 3.10. The van der Waals surface area contributed by atoms with Crippen LogP contribution in [0.5, 0.6) is 23.0 Å². The molecule has 0 saturated carbocycles.